The molecule has 3 aromatic rings. The fraction of sp³-hybridized carbons (Fsp3) is 0.167. The Morgan fingerprint density at radius 2 is 1.83 bits per heavy atom. The zero-order valence-electron chi connectivity index (χ0n) is 18.9. The van der Waals surface area contributed by atoms with Gasteiger partial charge in [0.1, 0.15) is 6.61 Å². The third-order valence-corrected chi connectivity index (χ3v) is 4.78. The van der Waals surface area contributed by atoms with Crippen LogP contribution in [0.1, 0.15) is 16.7 Å². The zero-order chi connectivity index (χ0) is 26.1. The van der Waals surface area contributed by atoms with E-state index in [1.165, 1.54) is 37.6 Å². The van der Waals surface area contributed by atoms with Crippen LogP contribution in [0.4, 0.5) is 24.5 Å². The van der Waals surface area contributed by atoms with Crippen LogP contribution in [0.2, 0.25) is 0 Å². The van der Waals surface area contributed by atoms with Gasteiger partial charge < -0.3 is 14.8 Å². The van der Waals surface area contributed by atoms with Gasteiger partial charge in [-0.25, -0.2) is 5.43 Å². The van der Waals surface area contributed by atoms with E-state index >= 15 is 0 Å². The van der Waals surface area contributed by atoms with Crippen molar-refractivity contribution in [3.63, 3.8) is 0 Å². The molecule has 1 amide bonds. The van der Waals surface area contributed by atoms with Crippen molar-refractivity contribution in [3.8, 4) is 11.5 Å². The van der Waals surface area contributed by atoms with Crippen molar-refractivity contribution >= 4 is 23.5 Å². The fourth-order valence-electron chi connectivity index (χ4n) is 2.96. The number of hydrazone groups is 1. The maximum Gasteiger partial charge on any atom is 0.416 e. The lowest BCUT2D eigenvalue weighted by molar-refractivity contribution is -0.384. The number of hydrogen-bond acceptors (Lipinski definition) is 7. The van der Waals surface area contributed by atoms with E-state index in [2.05, 4.69) is 15.8 Å². The largest absolute Gasteiger partial charge is 0.493 e. The number of carbonyl (C=O) groups is 1. The van der Waals surface area contributed by atoms with Crippen LogP contribution in [0.5, 0.6) is 11.5 Å². The van der Waals surface area contributed by atoms with Gasteiger partial charge in [0.15, 0.2) is 11.5 Å². The van der Waals surface area contributed by atoms with Crippen molar-refractivity contribution in [2.24, 2.45) is 5.10 Å². The number of ether oxygens (including phenoxy) is 2. The highest BCUT2D eigenvalue weighted by Gasteiger charge is 2.30. The predicted molar refractivity (Wildman–Crippen MR) is 126 cm³/mol. The first-order valence-electron chi connectivity index (χ1n) is 10.4. The second-order valence-electron chi connectivity index (χ2n) is 7.35. The number of methoxy groups -OCH3 is 1. The molecule has 0 unspecified atom stereocenters. The Labute approximate surface area is 203 Å². The van der Waals surface area contributed by atoms with Crippen LogP contribution in [-0.2, 0) is 17.6 Å². The van der Waals surface area contributed by atoms with Crippen molar-refractivity contribution < 1.29 is 32.4 Å². The molecule has 0 atom stereocenters. The predicted octanol–water partition coefficient (Wildman–Crippen LogP) is 4.76. The first-order valence-corrected chi connectivity index (χ1v) is 10.4. The normalized spacial score (nSPS) is 11.2. The molecule has 0 radical (unpaired) electrons. The Morgan fingerprint density at radius 3 is 2.50 bits per heavy atom. The van der Waals surface area contributed by atoms with Crippen molar-refractivity contribution in [3.05, 3.63) is 93.5 Å². The number of benzene rings is 3. The van der Waals surface area contributed by atoms with Crippen molar-refractivity contribution in [1.82, 2.24) is 5.43 Å². The number of nitro benzene ring substituents is 1. The van der Waals surface area contributed by atoms with Crippen molar-refractivity contribution in [1.29, 1.82) is 0 Å². The Bertz CT molecular complexity index is 1250. The van der Waals surface area contributed by atoms with Crippen LogP contribution in [0.3, 0.4) is 0 Å². The number of non-ortho nitro benzene ring substituents is 1. The van der Waals surface area contributed by atoms with Gasteiger partial charge in [0.25, 0.3) is 11.6 Å². The van der Waals surface area contributed by atoms with Gasteiger partial charge in [-0.1, -0.05) is 6.07 Å². The van der Waals surface area contributed by atoms with E-state index in [1.807, 2.05) is 0 Å². The first kappa shape index (κ1) is 26.0. The zero-order valence-corrected chi connectivity index (χ0v) is 18.9. The maximum absolute atomic E-state index is 12.8. The summed E-state index contributed by atoms with van der Waals surface area (Å²) in [6, 6.07) is 15.4. The fourth-order valence-corrected chi connectivity index (χ4v) is 2.96. The quantitative estimate of drug-likeness (QED) is 0.235. The molecule has 0 aliphatic heterocycles. The topological polar surface area (TPSA) is 115 Å². The number of halogens is 3. The van der Waals surface area contributed by atoms with Crippen molar-refractivity contribution in [2.45, 2.75) is 12.8 Å². The van der Waals surface area contributed by atoms with E-state index in [0.717, 1.165) is 17.7 Å². The molecule has 0 saturated heterocycles. The molecule has 0 bridgehead atoms. The molecule has 0 heterocycles. The first-order chi connectivity index (χ1) is 17.2. The van der Waals surface area contributed by atoms with Gasteiger partial charge >= 0.3 is 6.18 Å². The van der Waals surface area contributed by atoms with Crippen LogP contribution < -0.4 is 20.2 Å². The maximum atomic E-state index is 12.8. The number of anilines is 1. The Morgan fingerprint density at radius 1 is 1.08 bits per heavy atom. The minimum atomic E-state index is -4.48. The third-order valence-electron chi connectivity index (χ3n) is 4.78. The van der Waals surface area contributed by atoms with Gasteiger partial charge in [-0.15, -0.1) is 0 Å². The average molecular weight is 502 g/mol. The molecule has 0 aliphatic rings. The van der Waals surface area contributed by atoms with E-state index in [1.54, 1.807) is 30.3 Å². The molecule has 0 fully saturated rings. The Balaban J connectivity index is 1.52. The van der Waals surface area contributed by atoms with E-state index < -0.39 is 22.6 Å². The molecule has 0 spiro atoms. The van der Waals surface area contributed by atoms with E-state index in [4.69, 9.17) is 9.47 Å². The van der Waals surface area contributed by atoms with E-state index in [-0.39, 0.29) is 24.5 Å². The van der Waals surface area contributed by atoms with Gasteiger partial charge in [0, 0.05) is 17.8 Å². The highest BCUT2D eigenvalue weighted by molar-refractivity contribution is 5.84. The highest BCUT2D eigenvalue weighted by Crippen LogP contribution is 2.31. The average Bonchev–Trinajstić information content (AvgIpc) is 2.86. The summed E-state index contributed by atoms with van der Waals surface area (Å²) in [6.45, 7) is -0.117. The summed E-state index contributed by atoms with van der Waals surface area (Å²) >= 11 is 0. The second-order valence-corrected chi connectivity index (χ2v) is 7.35. The highest BCUT2D eigenvalue weighted by atomic mass is 19.4. The lowest BCUT2D eigenvalue weighted by Gasteiger charge is -2.11. The van der Waals surface area contributed by atoms with Gasteiger partial charge in [-0.05, 0) is 59.7 Å². The third kappa shape index (κ3) is 7.45. The Kier molecular flexibility index (Phi) is 8.44. The number of nitrogens with zero attached hydrogens (tertiary/aromatic N) is 2. The summed E-state index contributed by atoms with van der Waals surface area (Å²) < 4.78 is 49.4. The summed E-state index contributed by atoms with van der Waals surface area (Å²) in [7, 11) is 1.45. The summed E-state index contributed by atoms with van der Waals surface area (Å²) in [5.74, 6) is 0.277. The number of rotatable bonds is 10. The number of alkyl halides is 3. The summed E-state index contributed by atoms with van der Waals surface area (Å²) in [6.07, 6.45) is -3.11. The van der Waals surface area contributed by atoms with E-state index in [9.17, 15) is 28.1 Å². The number of nitrogens with one attached hydrogen (secondary N) is 2. The lowest BCUT2D eigenvalue weighted by Crippen LogP contribution is -2.26. The molecular weight excluding hydrogens is 481 g/mol. The SMILES string of the molecule is COc1cc(/C=N\NC(=O)CNc2cccc(C(F)(F)F)c2)ccc1OCc1ccc([N+](=O)[O-])cc1. The molecule has 2 N–H and O–H groups in total. The molecule has 9 nitrogen and oxygen atoms in total. The summed E-state index contributed by atoms with van der Waals surface area (Å²) in [5.41, 5.74) is 2.91. The van der Waals surface area contributed by atoms with Gasteiger partial charge in [-0.3, -0.25) is 14.9 Å². The molecular formula is C24H21F3N4O5. The second kappa shape index (κ2) is 11.7. The molecule has 0 aliphatic carbocycles. The minimum absolute atomic E-state index is 0.0153. The van der Waals surface area contributed by atoms with Crippen LogP contribution in [0.25, 0.3) is 0 Å². The van der Waals surface area contributed by atoms with Gasteiger partial charge in [-0.2, -0.15) is 18.3 Å². The number of nitro groups is 1. The molecule has 0 saturated carbocycles. The molecule has 36 heavy (non-hydrogen) atoms. The minimum Gasteiger partial charge on any atom is -0.493 e. The standard InChI is InChI=1S/C24H21F3N4O5/c1-35-22-11-17(7-10-21(22)36-15-16-5-8-20(9-6-16)31(33)34)13-29-30-23(32)14-28-19-4-2-3-18(12-19)24(25,26)27/h2-13,28H,14-15H2,1H3,(H,30,32)/b29-13-. The molecule has 12 heteroatoms. The van der Waals surface area contributed by atoms with E-state index in [0.29, 0.717) is 17.1 Å². The number of hydrogen-bond donors (Lipinski definition) is 2. The molecule has 3 rings (SSSR count). The molecule has 188 valence electrons. The van der Waals surface area contributed by atoms with Crippen LogP contribution >= 0.6 is 0 Å². The number of amides is 1. The monoisotopic (exact) mass is 502 g/mol. The molecule has 3 aromatic carbocycles. The number of carbonyl (C=O) groups excluding carboxylic acids is 1. The lowest BCUT2D eigenvalue weighted by atomic mass is 10.2. The van der Waals surface area contributed by atoms with Crippen LogP contribution in [-0.4, -0.2) is 30.7 Å². The Hall–Kier alpha value is -4.61. The molecule has 0 aromatic heterocycles. The van der Waals surface area contributed by atoms with Crippen molar-refractivity contribution in [2.75, 3.05) is 19.0 Å². The van der Waals surface area contributed by atoms with Crippen LogP contribution in [0, 0.1) is 10.1 Å². The van der Waals surface area contributed by atoms with Gasteiger partial charge in [0.2, 0.25) is 0 Å². The summed E-state index contributed by atoms with van der Waals surface area (Å²) in [5, 5.41) is 17.2. The van der Waals surface area contributed by atoms with Gasteiger partial charge in [0.05, 0.1) is 30.4 Å². The summed E-state index contributed by atoms with van der Waals surface area (Å²) in [4.78, 5) is 22.2. The smallest absolute Gasteiger partial charge is 0.416 e. The van der Waals surface area contributed by atoms with Crippen LogP contribution in [0.15, 0.2) is 71.8 Å².